The zero-order valence-corrected chi connectivity index (χ0v) is 15.9. The Morgan fingerprint density at radius 3 is 2.06 bits per heavy atom. The molecule has 0 saturated carbocycles. The zero-order valence-electron chi connectivity index (χ0n) is 15.9. The second-order valence-corrected chi connectivity index (χ2v) is 6.92. The maximum absolute atomic E-state index is 12.9. The van der Waals surface area contributed by atoms with Crippen LogP contribution in [0.5, 0.6) is 0 Å². The molecule has 0 bridgehead atoms. The molecular formula is C22H17F6NO2. The Labute approximate surface area is 173 Å². The van der Waals surface area contributed by atoms with Crippen molar-refractivity contribution >= 4 is 16.7 Å². The molecule has 164 valence electrons. The number of aliphatic hydroxyl groups is 1. The highest BCUT2D eigenvalue weighted by atomic mass is 19.4. The standard InChI is InChI=1S/C22H17F6NO2/c23-21(24,25)15-10-14(11-16(12-15)22(26,27)28)20(31)29-9-8-19(30)18-7-3-5-13-4-1-2-6-17(13)18/h1-7,10-12,19,30H,8-9H2,(H,29,31). The van der Waals surface area contributed by atoms with Crippen LogP contribution in [0, 0.1) is 0 Å². The van der Waals surface area contributed by atoms with Gasteiger partial charge in [-0.3, -0.25) is 4.79 Å². The Balaban J connectivity index is 1.73. The average molecular weight is 441 g/mol. The van der Waals surface area contributed by atoms with Crippen molar-refractivity contribution in [3.05, 3.63) is 82.9 Å². The fraction of sp³-hybridized carbons (Fsp3) is 0.227. The van der Waals surface area contributed by atoms with Gasteiger partial charge in [-0.25, -0.2) is 0 Å². The molecule has 0 aliphatic heterocycles. The van der Waals surface area contributed by atoms with Crippen LogP contribution in [0.4, 0.5) is 26.3 Å². The summed E-state index contributed by atoms with van der Waals surface area (Å²) < 4.78 is 77.6. The van der Waals surface area contributed by atoms with Gasteiger partial charge in [0.25, 0.3) is 5.91 Å². The molecule has 1 unspecified atom stereocenters. The van der Waals surface area contributed by atoms with Gasteiger partial charge in [0.05, 0.1) is 17.2 Å². The number of nitrogens with one attached hydrogen (secondary N) is 1. The number of fused-ring (bicyclic) bond motifs is 1. The van der Waals surface area contributed by atoms with Crippen molar-refractivity contribution in [2.45, 2.75) is 24.9 Å². The number of benzene rings is 3. The number of rotatable bonds is 5. The van der Waals surface area contributed by atoms with E-state index in [0.29, 0.717) is 17.7 Å². The summed E-state index contributed by atoms with van der Waals surface area (Å²) in [5.74, 6) is -1.10. The lowest BCUT2D eigenvalue weighted by molar-refractivity contribution is -0.143. The molecule has 2 N–H and O–H groups in total. The van der Waals surface area contributed by atoms with Gasteiger partial charge in [0.15, 0.2) is 0 Å². The summed E-state index contributed by atoms with van der Waals surface area (Å²) in [7, 11) is 0. The van der Waals surface area contributed by atoms with Gasteiger partial charge >= 0.3 is 12.4 Å². The molecule has 0 aliphatic carbocycles. The molecule has 0 spiro atoms. The zero-order chi connectivity index (χ0) is 22.8. The van der Waals surface area contributed by atoms with Crippen molar-refractivity contribution in [2.24, 2.45) is 0 Å². The summed E-state index contributed by atoms with van der Waals surface area (Å²) in [5.41, 5.74) is -3.29. The van der Waals surface area contributed by atoms with Gasteiger partial charge in [-0.05, 0) is 41.0 Å². The van der Waals surface area contributed by atoms with Gasteiger partial charge in [-0.15, -0.1) is 0 Å². The molecule has 0 aliphatic rings. The predicted octanol–water partition coefficient (Wildman–Crippen LogP) is 5.73. The summed E-state index contributed by atoms with van der Waals surface area (Å²) in [6, 6.07) is 13.3. The van der Waals surface area contributed by atoms with Crippen molar-refractivity contribution in [1.82, 2.24) is 5.32 Å². The Bertz CT molecular complexity index is 1050. The van der Waals surface area contributed by atoms with Crippen molar-refractivity contribution < 1.29 is 36.2 Å². The minimum atomic E-state index is -5.04. The highest BCUT2D eigenvalue weighted by Crippen LogP contribution is 2.36. The number of amides is 1. The molecule has 1 amide bonds. The fourth-order valence-electron chi connectivity index (χ4n) is 3.21. The summed E-state index contributed by atoms with van der Waals surface area (Å²) in [6.07, 6.45) is -11.1. The molecule has 3 rings (SSSR count). The van der Waals surface area contributed by atoms with Gasteiger partial charge in [0, 0.05) is 12.1 Å². The first kappa shape index (κ1) is 22.6. The number of aliphatic hydroxyl groups excluding tert-OH is 1. The quantitative estimate of drug-likeness (QED) is 0.497. The van der Waals surface area contributed by atoms with Crippen molar-refractivity contribution in [2.75, 3.05) is 6.54 Å². The van der Waals surface area contributed by atoms with E-state index >= 15 is 0 Å². The maximum atomic E-state index is 12.9. The summed E-state index contributed by atoms with van der Waals surface area (Å²) in [6.45, 7) is -0.152. The van der Waals surface area contributed by atoms with Crippen LogP contribution in [0.2, 0.25) is 0 Å². The number of carbonyl (C=O) groups is 1. The molecule has 31 heavy (non-hydrogen) atoms. The van der Waals surface area contributed by atoms with Crippen LogP contribution >= 0.6 is 0 Å². The molecule has 3 nitrogen and oxygen atoms in total. The average Bonchev–Trinajstić information content (AvgIpc) is 2.71. The van der Waals surface area contributed by atoms with E-state index in [4.69, 9.17) is 0 Å². The third-order valence-electron chi connectivity index (χ3n) is 4.74. The van der Waals surface area contributed by atoms with Crippen LogP contribution in [0.25, 0.3) is 10.8 Å². The highest BCUT2D eigenvalue weighted by molar-refractivity contribution is 5.94. The first-order chi connectivity index (χ1) is 14.5. The molecule has 1 atom stereocenters. The van der Waals surface area contributed by atoms with E-state index in [9.17, 15) is 36.2 Å². The minimum Gasteiger partial charge on any atom is -0.388 e. The molecule has 0 fully saturated rings. The number of hydrogen-bond acceptors (Lipinski definition) is 2. The smallest absolute Gasteiger partial charge is 0.388 e. The maximum Gasteiger partial charge on any atom is 0.416 e. The van der Waals surface area contributed by atoms with E-state index in [0.717, 1.165) is 10.8 Å². The van der Waals surface area contributed by atoms with Crippen molar-refractivity contribution in [1.29, 1.82) is 0 Å². The van der Waals surface area contributed by atoms with Crippen molar-refractivity contribution in [3.8, 4) is 0 Å². The van der Waals surface area contributed by atoms with Crippen LogP contribution in [-0.4, -0.2) is 17.6 Å². The number of alkyl halides is 6. The Morgan fingerprint density at radius 2 is 1.45 bits per heavy atom. The van der Waals surface area contributed by atoms with Gasteiger partial charge < -0.3 is 10.4 Å². The second kappa shape index (κ2) is 8.58. The van der Waals surface area contributed by atoms with Crippen LogP contribution in [0.15, 0.2) is 60.7 Å². The number of carbonyl (C=O) groups excluding carboxylic acids is 1. The van der Waals surface area contributed by atoms with Crippen LogP contribution in [0.3, 0.4) is 0 Å². The third-order valence-corrected chi connectivity index (χ3v) is 4.74. The molecule has 9 heteroatoms. The van der Waals surface area contributed by atoms with E-state index in [1.807, 2.05) is 24.3 Å². The van der Waals surface area contributed by atoms with E-state index in [2.05, 4.69) is 5.32 Å². The van der Waals surface area contributed by atoms with Crippen LogP contribution in [0.1, 0.15) is 39.6 Å². The number of halogens is 6. The van der Waals surface area contributed by atoms with E-state index in [-0.39, 0.29) is 19.0 Å². The lowest BCUT2D eigenvalue weighted by Crippen LogP contribution is -2.26. The monoisotopic (exact) mass is 441 g/mol. The lowest BCUT2D eigenvalue weighted by Gasteiger charge is -2.16. The van der Waals surface area contributed by atoms with E-state index in [1.165, 1.54) is 0 Å². The topological polar surface area (TPSA) is 49.3 Å². The Hall–Kier alpha value is -3.07. The number of hydrogen-bond donors (Lipinski definition) is 2. The van der Waals surface area contributed by atoms with Gasteiger partial charge in [0.2, 0.25) is 0 Å². The van der Waals surface area contributed by atoms with Crippen molar-refractivity contribution in [3.63, 3.8) is 0 Å². The second-order valence-electron chi connectivity index (χ2n) is 6.92. The SMILES string of the molecule is O=C(NCCC(O)c1cccc2ccccc12)c1cc(C(F)(F)F)cc(C(F)(F)F)c1. The van der Waals surface area contributed by atoms with E-state index < -0.39 is 41.1 Å². The van der Waals surface area contributed by atoms with Gasteiger partial charge in [-0.2, -0.15) is 26.3 Å². The fourth-order valence-corrected chi connectivity index (χ4v) is 3.21. The molecule has 0 radical (unpaired) electrons. The Morgan fingerprint density at radius 1 is 0.871 bits per heavy atom. The molecule has 0 aromatic heterocycles. The summed E-state index contributed by atoms with van der Waals surface area (Å²) >= 11 is 0. The van der Waals surface area contributed by atoms with Gasteiger partial charge in [-0.1, -0.05) is 42.5 Å². The largest absolute Gasteiger partial charge is 0.416 e. The Kier molecular flexibility index (Phi) is 6.26. The predicted molar refractivity (Wildman–Crippen MR) is 102 cm³/mol. The third kappa shape index (κ3) is 5.35. The molecule has 0 saturated heterocycles. The molecular weight excluding hydrogens is 424 g/mol. The first-order valence-corrected chi connectivity index (χ1v) is 9.20. The van der Waals surface area contributed by atoms with Crippen LogP contribution in [-0.2, 0) is 12.4 Å². The lowest BCUT2D eigenvalue weighted by atomic mass is 9.98. The normalized spacial score (nSPS) is 13.3. The van der Waals surface area contributed by atoms with E-state index in [1.54, 1.807) is 18.2 Å². The van der Waals surface area contributed by atoms with Crippen LogP contribution < -0.4 is 5.32 Å². The molecule has 0 heterocycles. The molecule has 3 aromatic rings. The van der Waals surface area contributed by atoms with Gasteiger partial charge in [0.1, 0.15) is 0 Å². The molecule has 3 aromatic carbocycles. The summed E-state index contributed by atoms with van der Waals surface area (Å²) in [5, 5.41) is 14.4. The first-order valence-electron chi connectivity index (χ1n) is 9.20. The summed E-state index contributed by atoms with van der Waals surface area (Å²) in [4.78, 5) is 12.2. The minimum absolute atomic E-state index is 0.0187. The highest BCUT2D eigenvalue weighted by Gasteiger charge is 2.37.